The number of nitrogens with one attached hydrogen (secondary N) is 2. The zero-order chi connectivity index (χ0) is 7.56. The van der Waals surface area contributed by atoms with E-state index in [0.717, 1.165) is 5.69 Å². The highest BCUT2D eigenvalue weighted by atomic mass is 16.4. The molecule has 1 heterocycles. The fourth-order valence-corrected chi connectivity index (χ4v) is 0.601. The molecule has 10 heavy (non-hydrogen) atoms. The summed E-state index contributed by atoms with van der Waals surface area (Å²) in [5.41, 5.74) is 0.753. The van der Waals surface area contributed by atoms with Crippen LogP contribution in [-0.4, -0.2) is 21.4 Å². The molecule has 1 rings (SSSR count). The first-order valence-corrected chi connectivity index (χ1v) is 2.70. The summed E-state index contributed by atoms with van der Waals surface area (Å²) in [6.45, 7) is 1.77. The molecule has 1 aromatic heterocycles. The lowest BCUT2D eigenvalue weighted by Gasteiger charge is -1.91. The molecule has 0 unspecified atom stereocenters. The third kappa shape index (κ3) is 1.48. The first-order valence-electron chi connectivity index (χ1n) is 2.70. The van der Waals surface area contributed by atoms with Crippen LogP contribution in [0.4, 0.5) is 10.6 Å². The van der Waals surface area contributed by atoms with Gasteiger partial charge in [-0.05, 0) is 6.92 Å². The molecule has 0 aliphatic rings. The SMILES string of the molecule is Cc1cc(NC(=O)O)[nH]n1. The van der Waals surface area contributed by atoms with Gasteiger partial charge in [-0.3, -0.25) is 10.4 Å². The number of rotatable bonds is 1. The van der Waals surface area contributed by atoms with Gasteiger partial charge in [0.25, 0.3) is 0 Å². The van der Waals surface area contributed by atoms with Crippen molar-refractivity contribution in [2.45, 2.75) is 6.92 Å². The maximum absolute atomic E-state index is 10.0. The number of anilines is 1. The normalized spacial score (nSPS) is 9.30. The van der Waals surface area contributed by atoms with Crippen LogP contribution in [0.15, 0.2) is 6.07 Å². The van der Waals surface area contributed by atoms with Crippen molar-refractivity contribution in [1.82, 2.24) is 10.2 Å². The van der Waals surface area contributed by atoms with E-state index in [1.54, 1.807) is 13.0 Å². The van der Waals surface area contributed by atoms with Crippen LogP contribution in [0.1, 0.15) is 5.69 Å². The summed E-state index contributed by atoms with van der Waals surface area (Å²) < 4.78 is 0. The molecule has 0 saturated heterocycles. The molecule has 0 spiro atoms. The van der Waals surface area contributed by atoms with E-state index in [2.05, 4.69) is 15.5 Å². The molecule has 3 N–H and O–H groups in total. The summed E-state index contributed by atoms with van der Waals surface area (Å²) >= 11 is 0. The number of aromatic amines is 1. The van der Waals surface area contributed by atoms with Crippen LogP contribution in [0.2, 0.25) is 0 Å². The van der Waals surface area contributed by atoms with Crippen LogP contribution in [0.25, 0.3) is 0 Å². The fraction of sp³-hybridized carbons (Fsp3) is 0.200. The van der Waals surface area contributed by atoms with E-state index in [1.807, 2.05) is 0 Å². The van der Waals surface area contributed by atoms with Gasteiger partial charge in [-0.25, -0.2) is 4.79 Å². The smallest absolute Gasteiger partial charge is 0.410 e. The van der Waals surface area contributed by atoms with Gasteiger partial charge in [-0.15, -0.1) is 0 Å². The average Bonchev–Trinajstić information content (AvgIpc) is 2.13. The predicted octanol–water partition coefficient (Wildman–Crippen LogP) is 0.808. The van der Waals surface area contributed by atoms with E-state index in [1.165, 1.54) is 0 Å². The van der Waals surface area contributed by atoms with Gasteiger partial charge < -0.3 is 5.11 Å². The highest BCUT2D eigenvalue weighted by Gasteiger charge is 1.98. The van der Waals surface area contributed by atoms with Crippen LogP contribution >= 0.6 is 0 Å². The minimum atomic E-state index is -1.09. The highest BCUT2D eigenvalue weighted by molar-refractivity contribution is 5.81. The van der Waals surface area contributed by atoms with Crippen molar-refractivity contribution < 1.29 is 9.90 Å². The monoisotopic (exact) mass is 141 g/mol. The summed E-state index contributed by atoms with van der Waals surface area (Å²) in [5.74, 6) is 0.394. The molecular formula is C5H7N3O2. The number of H-pyrrole nitrogens is 1. The summed E-state index contributed by atoms with van der Waals surface area (Å²) in [4.78, 5) is 10.0. The van der Waals surface area contributed by atoms with Crippen molar-refractivity contribution >= 4 is 11.9 Å². The molecule has 54 valence electrons. The highest BCUT2D eigenvalue weighted by Crippen LogP contribution is 2.02. The lowest BCUT2D eigenvalue weighted by Crippen LogP contribution is -2.07. The molecular weight excluding hydrogens is 134 g/mol. The Labute approximate surface area is 57.1 Å². The zero-order valence-corrected chi connectivity index (χ0v) is 5.38. The Morgan fingerprint density at radius 3 is 3.00 bits per heavy atom. The third-order valence-electron chi connectivity index (χ3n) is 0.948. The minimum Gasteiger partial charge on any atom is -0.465 e. The second kappa shape index (κ2) is 2.38. The average molecular weight is 141 g/mol. The molecule has 1 amide bonds. The zero-order valence-electron chi connectivity index (χ0n) is 5.38. The number of hydrogen-bond acceptors (Lipinski definition) is 2. The fourth-order valence-electron chi connectivity index (χ4n) is 0.601. The number of nitrogens with zero attached hydrogens (tertiary/aromatic N) is 1. The second-order valence-corrected chi connectivity index (χ2v) is 1.85. The van der Waals surface area contributed by atoms with Crippen molar-refractivity contribution in [2.24, 2.45) is 0 Å². The molecule has 0 aliphatic carbocycles. The van der Waals surface area contributed by atoms with Crippen LogP contribution in [0.5, 0.6) is 0 Å². The molecule has 0 aromatic carbocycles. The van der Waals surface area contributed by atoms with E-state index < -0.39 is 6.09 Å². The van der Waals surface area contributed by atoms with Crippen molar-refractivity contribution in [2.75, 3.05) is 5.32 Å². The van der Waals surface area contributed by atoms with Gasteiger partial charge >= 0.3 is 6.09 Å². The van der Waals surface area contributed by atoms with Gasteiger partial charge in [-0.2, -0.15) is 5.10 Å². The van der Waals surface area contributed by atoms with Gasteiger partial charge in [-0.1, -0.05) is 0 Å². The maximum Gasteiger partial charge on any atom is 0.410 e. The lowest BCUT2D eigenvalue weighted by atomic mass is 10.5. The molecule has 0 fully saturated rings. The Hall–Kier alpha value is -1.52. The number of hydrogen-bond donors (Lipinski definition) is 3. The van der Waals surface area contributed by atoms with Gasteiger partial charge in [0.1, 0.15) is 5.82 Å². The topological polar surface area (TPSA) is 78.0 Å². The molecule has 5 heteroatoms. The van der Waals surface area contributed by atoms with E-state index in [-0.39, 0.29) is 0 Å². The van der Waals surface area contributed by atoms with Crippen molar-refractivity contribution in [3.05, 3.63) is 11.8 Å². The van der Waals surface area contributed by atoms with Crippen molar-refractivity contribution in [3.8, 4) is 0 Å². The summed E-state index contributed by atoms with van der Waals surface area (Å²) in [7, 11) is 0. The first kappa shape index (κ1) is 6.60. The van der Waals surface area contributed by atoms with Gasteiger partial charge in [0.15, 0.2) is 0 Å². The Bertz CT molecular complexity index is 243. The Kier molecular flexibility index (Phi) is 1.57. The number of carboxylic acid groups (broad SMARTS) is 1. The van der Waals surface area contributed by atoms with Crippen LogP contribution < -0.4 is 5.32 Å². The molecule has 0 radical (unpaired) electrons. The third-order valence-corrected chi connectivity index (χ3v) is 0.948. The van der Waals surface area contributed by atoms with E-state index in [9.17, 15) is 4.79 Å². The van der Waals surface area contributed by atoms with Gasteiger partial charge in [0, 0.05) is 6.07 Å². The van der Waals surface area contributed by atoms with Crippen molar-refractivity contribution in [3.63, 3.8) is 0 Å². The largest absolute Gasteiger partial charge is 0.465 e. The molecule has 0 saturated carbocycles. The van der Waals surface area contributed by atoms with Gasteiger partial charge in [0.05, 0.1) is 5.69 Å². The molecule has 0 bridgehead atoms. The molecule has 0 atom stereocenters. The van der Waals surface area contributed by atoms with E-state index in [0.29, 0.717) is 5.82 Å². The Morgan fingerprint density at radius 2 is 2.60 bits per heavy atom. The summed E-state index contributed by atoms with van der Waals surface area (Å²) in [5, 5.41) is 16.6. The molecule has 0 aliphatic heterocycles. The number of aromatic nitrogens is 2. The first-order chi connectivity index (χ1) is 4.68. The molecule has 5 nitrogen and oxygen atoms in total. The Balaban J connectivity index is 2.67. The standard InChI is InChI=1S/C5H7N3O2/c1-3-2-4(8-7-3)6-5(9)10/h2H,1H3,(H,9,10)(H2,6,7,8). The maximum atomic E-state index is 10.0. The van der Waals surface area contributed by atoms with Crippen LogP contribution in [0, 0.1) is 6.92 Å². The second-order valence-electron chi connectivity index (χ2n) is 1.85. The number of aryl methyl sites for hydroxylation is 1. The van der Waals surface area contributed by atoms with Crippen molar-refractivity contribution in [1.29, 1.82) is 0 Å². The summed E-state index contributed by atoms with van der Waals surface area (Å²) in [6, 6.07) is 1.61. The van der Waals surface area contributed by atoms with E-state index in [4.69, 9.17) is 5.11 Å². The number of carbonyl (C=O) groups is 1. The quantitative estimate of drug-likeness (QED) is 0.541. The van der Waals surface area contributed by atoms with Gasteiger partial charge in [0.2, 0.25) is 0 Å². The molecule has 1 aromatic rings. The number of amides is 1. The minimum absolute atomic E-state index is 0.394. The summed E-state index contributed by atoms with van der Waals surface area (Å²) in [6.07, 6.45) is -1.09. The van der Waals surface area contributed by atoms with E-state index >= 15 is 0 Å². The predicted molar refractivity (Wildman–Crippen MR) is 35.0 cm³/mol. The Morgan fingerprint density at radius 1 is 1.90 bits per heavy atom. The van der Waals surface area contributed by atoms with Crippen LogP contribution in [0.3, 0.4) is 0 Å². The van der Waals surface area contributed by atoms with Crippen LogP contribution in [-0.2, 0) is 0 Å². The lowest BCUT2D eigenvalue weighted by molar-refractivity contribution is 0.209.